The molecular weight excluding hydrogens is 276 g/mol. The highest BCUT2D eigenvalue weighted by Crippen LogP contribution is 2.36. The highest BCUT2D eigenvalue weighted by molar-refractivity contribution is 6.34. The highest BCUT2D eigenvalue weighted by Gasteiger charge is 2.34. The molecule has 0 atom stereocenters. The zero-order chi connectivity index (χ0) is 14.9. The fraction of sp³-hybridized carbons (Fsp3) is 0.533. The summed E-state index contributed by atoms with van der Waals surface area (Å²) < 4.78 is 5.49. The van der Waals surface area contributed by atoms with Crippen LogP contribution in [0.2, 0.25) is 5.02 Å². The summed E-state index contributed by atoms with van der Waals surface area (Å²) in [4.78, 5) is 14.1. The molecule has 110 valence electrons. The zero-order valence-electron chi connectivity index (χ0n) is 12.1. The second kappa shape index (κ2) is 5.52. The number of carbonyl (C=O) groups is 1. The average Bonchev–Trinajstić information content (AvgIpc) is 2.21. The van der Waals surface area contributed by atoms with Crippen LogP contribution in [0.3, 0.4) is 0 Å². The van der Waals surface area contributed by atoms with Crippen LogP contribution in [0.25, 0.3) is 0 Å². The van der Waals surface area contributed by atoms with Gasteiger partial charge in [-0.05, 0) is 58.2 Å². The lowest BCUT2D eigenvalue weighted by atomic mass is 9.91. The van der Waals surface area contributed by atoms with Gasteiger partial charge in [-0.3, -0.25) is 4.90 Å². The number of nitrogens with zero attached hydrogens (tertiary/aromatic N) is 1. The molecule has 0 spiro atoms. The number of ether oxygens (including phenoxy) is 1. The molecule has 0 bridgehead atoms. The lowest BCUT2D eigenvalue weighted by molar-refractivity contribution is 0.0549. The van der Waals surface area contributed by atoms with Gasteiger partial charge in [0.15, 0.2) is 0 Å². The number of halogens is 1. The lowest BCUT2D eigenvalue weighted by Crippen LogP contribution is -2.47. The molecule has 20 heavy (non-hydrogen) atoms. The van der Waals surface area contributed by atoms with E-state index in [0.29, 0.717) is 16.4 Å². The third kappa shape index (κ3) is 3.37. The Morgan fingerprint density at radius 3 is 2.50 bits per heavy atom. The van der Waals surface area contributed by atoms with Crippen molar-refractivity contribution in [2.24, 2.45) is 0 Å². The molecular formula is C15H21ClN2O2. The van der Waals surface area contributed by atoms with Crippen molar-refractivity contribution >= 4 is 29.1 Å². The van der Waals surface area contributed by atoms with Gasteiger partial charge in [-0.2, -0.15) is 0 Å². The molecule has 0 saturated heterocycles. The maximum absolute atomic E-state index is 12.4. The Balaban J connectivity index is 2.30. The van der Waals surface area contributed by atoms with Crippen molar-refractivity contribution in [1.82, 2.24) is 0 Å². The van der Waals surface area contributed by atoms with Gasteiger partial charge in [-0.1, -0.05) is 11.6 Å². The van der Waals surface area contributed by atoms with Crippen LogP contribution >= 0.6 is 11.6 Å². The number of amides is 1. The van der Waals surface area contributed by atoms with E-state index in [1.165, 1.54) is 0 Å². The zero-order valence-corrected chi connectivity index (χ0v) is 12.9. The van der Waals surface area contributed by atoms with Crippen LogP contribution in [0.5, 0.6) is 0 Å². The summed E-state index contributed by atoms with van der Waals surface area (Å²) in [7, 11) is 0. The quantitative estimate of drug-likeness (QED) is 0.832. The summed E-state index contributed by atoms with van der Waals surface area (Å²) in [6.07, 6.45) is 2.71. The molecule has 0 heterocycles. The van der Waals surface area contributed by atoms with Gasteiger partial charge in [-0.15, -0.1) is 0 Å². The number of anilines is 2. The highest BCUT2D eigenvalue weighted by atomic mass is 35.5. The fourth-order valence-corrected chi connectivity index (χ4v) is 2.40. The number of hydrogen-bond donors (Lipinski definition) is 1. The van der Waals surface area contributed by atoms with E-state index >= 15 is 0 Å². The first-order valence-electron chi connectivity index (χ1n) is 6.85. The van der Waals surface area contributed by atoms with E-state index in [-0.39, 0.29) is 12.1 Å². The van der Waals surface area contributed by atoms with Crippen LogP contribution < -0.4 is 10.6 Å². The van der Waals surface area contributed by atoms with Gasteiger partial charge < -0.3 is 10.5 Å². The van der Waals surface area contributed by atoms with E-state index in [2.05, 4.69) is 0 Å². The minimum absolute atomic E-state index is 0.158. The Bertz CT molecular complexity index is 507. The minimum atomic E-state index is -0.528. The van der Waals surface area contributed by atoms with E-state index in [4.69, 9.17) is 22.1 Å². The average molecular weight is 297 g/mol. The maximum atomic E-state index is 12.4. The number of benzene rings is 1. The second-order valence-electron chi connectivity index (χ2n) is 6.15. The van der Waals surface area contributed by atoms with E-state index in [0.717, 1.165) is 19.3 Å². The number of carbonyl (C=O) groups excluding carboxylic acids is 1. The summed E-state index contributed by atoms with van der Waals surface area (Å²) in [5, 5.41) is 0.475. The molecule has 2 rings (SSSR count). The SMILES string of the molecule is CC(C)(C)OC(=O)N(c1ccc(N)cc1Cl)C1CCC1. The van der Waals surface area contributed by atoms with E-state index in [9.17, 15) is 4.79 Å². The first kappa shape index (κ1) is 15.0. The Morgan fingerprint density at radius 2 is 2.05 bits per heavy atom. The normalized spacial score (nSPS) is 15.6. The van der Waals surface area contributed by atoms with Crippen molar-refractivity contribution < 1.29 is 9.53 Å². The molecule has 1 aromatic rings. The molecule has 5 heteroatoms. The van der Waals surface area contributed by atoms with Crippen LogP contribution in [-0.2, 0) is 4.74 Å². The first-order chi connectivity index (χ1) is 9.28. The van der Waals surface area contributed by atoms with Gasteiger partial charge in [0, 0.05) is 11.7 Å². The Kier molecular flexibility index (Phi) is 4.14. The lowest BCUT2D eigenvalue weighted by Gasteiger charge is -2.38. The standard InChI is InChI=1S/C15H21ClN2O2/c1-15(2,3)20-14(19)18(11-5-4-6-11)13-8-7-10(17)9-12(13)16/h7-9,11H,4-6,17H2,1-3H3. The van der Waals surface area contributed by atoms with Gasteiger partial charge in [0.05, 0.1) is 10.7 Å². The van der Waals surface area contributed by atoms with Gasteiger partial charge in [0.25, 0.3) is 0 Å². The molecule has 0 radical (unpaired) electrons. The number of nitrogen functional groups attached to an aromatic ring is 1. The van der Waals surface area contributed by atoms with Crippen molar-refractivity contribution in [2.45, 2.75) is 51.7 Å². The van der Waals surface area contributed by atoms with Gasteiger partial charge in [0.2, 0.25) is 0 Å². The molecule has 1 aliphatic rings. The molecule has 4 nitrogen and oxygen atoms in total. The smallest absolute Gasteiger partial charge is 0.415 e. The fourth-order valence-electron chi connectivity index (χ4n) is 2.12. The molecule has 2 N–H and O–H groups in total. The molecule has 1 amide bonds. The topological polar surface area (TPSA) is 55.6 Å². The first-order valence-corrected chi connectivity index (χ1v) is 7.23. The third-order valence-corrected chi connectivity index (χ3v) is 3.56. The van der Waals surface area contributed by atoms with Crippen molar-refractivity contribution in [1.29, 1.82) is 0 Å². The van der Waals surface area contributed by atoms with Crippen molar-refractivity contribution in [3.8, 4) is 0 Å². The second-order valence-corrected chi connectivity index (χ2v) is 6.55. The van der Waals surface area contributed by atoms with E-state index in [1.807, 2.05) is 20.8 Å². The van der Waals surface area contributed by atoms with Gasteiger partial charge in [-0.25, -0.2) is 4.79 Å². The van der Waals surface area contributed by atoms with E-state index in [1.54, 1.807) is 23.1 Å². The summed E-state index contributed by atoms with van der Waals surface area (Å²) in [6, 6.07) is 5.34. The molecule has 1 saturated carbocycles. The molecule has 0 aromatic heterocycles. The molecule has 0 unspecified atom stereocenters. The van der Waals surface area contributed by atoms with Gasteiger partial charge in [0.1, 0.15) is 5.60 Å². The predicted molar refractivity (Wildman–Crippen MR) is 82.2 cm³/mol. The van der Waals surface area contributed by atoms with Crippen LogP contribution in [-0.4, -0.2) is 17.7 Å². The molecule has 0 aliphatic heterocycles. The molecule has 1 aliphatic carbocycles. The minimum Gasteiger partial charge on any atom is -0.443 e. The summed E-state index contributed by atoms with van der Waals surface area (Å²) in [5.74, 6) is 0. The monoisotopic (exact) mass is 296 g/mol. The van der Waals surface area contributed by atoms with Crippen LogP contribution in [0, 0.1) is 0 Å². The largest absolute Gasteiger partial charge is 0.443 e. The summed E-state index contributed by atoms with van der Waals surface area (Å²) in [5.41, 5.74) is 6.43. The Hall–Kier alpha value is -1.42. The van der Waals surface area contributed by atoms with Crippen LogP contribution in [0.4, 0.5) is 16.2 Å². The van der Waals surface area contributed by atoms with Crippen molar-refractivity contribution in [2.75, 3.05) is 10.6 Å². The number of rotatable bonds is 2. The maximum Gasteiger partial charge on any atom is 0.415 e. The van der Waals surface area contributed by atoms with Crippen LogP contribution in [0.1, 0.15) is 40.0 Å². The number of nitrogens with two attached hydrogens (primary N) is 1. The van der Waals surface area contributed by atoms with E-state index < -0.39 is 5.60 Å². The molecule has 1 aromatic carbocycles. The summed E-state index contributed by atoms with van der Waals surface area (Å²) >= 11 is 6.24. The Labute approximate surface area is 124 Å². The summed E-state index contributed by atoms with van der Waals surface area (Å²) in [6.45, 7) is 5.57. The number of hydrogen-bond acceptors (Lipinski definition) is 3. The molecule has 1 fully saturated rings. The predicted octanol–water partition coefficient (Wildman–Crippen LogP) is 4.22. The third-order valence-electron chi connectivity index (χ3n) is 3.26. The van der Waals surface area contributed by atoms with Crippen molar-refractivity contribution in [3.05, 3.63) is 23.2 Å². The van der Waals surface area contributed by atoms with Gasteiger partial charge >= 0.3 is 6.09 Å². The Morgan fingerprint density at radius 1 is 1.40 bits per heavy atom. The van der Waals surface area contributed by atoms with Crippen LogP contribution in [0.15, 0.2) is 18.2 Å². The van der Waals surface area contributed by atoms with Crippen molar-refractivity contribution in [3.63, 3.8) is 0 Å².